The second kappa shape index (κ2) is 5.69. The van der Waals surface area contributed by atoms with E-state index in [1.807, 2.05) is 19.1 Å². The molecule has 0 aliphatic heterocycles. The van der Waals surface area contributed by atoms with Crippen LogP contribution in [0.1, 0.15) is 37.1 Å². The monoisotopic (exact) mass is 269 g/mol. The Morgan fingerprint density at radius 1 is 1.65 bits per heavy atom. The molecule has 0 saturated heterocycles. The average Bonchev–Trinajstić information content (AvgIpc) is 2.89. The number of amides is 1. The second-order valence-corrected chi connectivity index (χ2v) is 6.15. The number of allylic oxidation sites excluding steroid dienone is 2. The maximum atomic E-state index is 11.8. The molecule has 2 nitrogen and oxygen atoms in total. The molecule has 2 atom stereocenters. The first-order valence-electron chi connectivity index (χ1n) is 5.86. The van der Waals surface area contributed by atoms with Crippen LogP contribution in [0.25, 0.3) is 0 Å². The minimum atomic E-state index is 0.0467. The Balaban J connectivity index is 1.83. The van der Waals surface area contributed by atoms with Crippen molar-refractivity contribution in [1.82, 2.24) is 5.32 Å². The smallest absolute Gasteiger partial charge is 0.221 e. The van der Waals surface area contributed by atoms with Crippen LogP contribution >= 0.6 is 22.9 Å². The molecular formula is C13H16ClNOS. The van der Waals surface area contributed by atoms with Crippen LogP contribution in [0.2, 0.25) is 4.34 Å². The van der Waals surface area contributed by atoms with E-state index in [0.717, 1.165) is 22.1 Å². The maximum absolute atomic E-state index is 11.8. The van der Waals surface area contributed by atoms with Crippen LogP contribution in [-0.4, -0.2) is 5.91 Å². The molecule has 1 heterocycles. The van der Waals surface area contributed by atoms with Gasteiger partial charge in [-0.3, -0.25) is 4.79 Å². The lowest BCUT2D eigenvalue weighted by Crippen LogP contribution is -2.27. The van der Waals surface area contributed by atoms with Crippen LogP contribution < -0.4 is 5.32 Å². The number of hydrogen-bond donors (Lipinski definition) is 1. The number of nitrogens with one attached hydrogen (secondary N) is 1. The highest BCUT2D eigenvalue weighted by Gasteiger charge is 2.16. The number of carbonyl (C=O) groups is 1. The third-order valence-electron chi connectivity index (χ3n) is 2.96. The van der Waals surface area contributed by atoms with Crippen molar-refractivity contribution in [1.29, 1.82) is 0 Å². The van der Waals surface area contributed by atoms with E-state index in [1.165, 1.54) is 11.3 Å². The summed E-state index contributed by atoms with van der Waals surface area (Å²) in [4.78, 5) is 12.9. The van der Waals surface area contributed by atoms with Crippen LogP contribution in [0, 0.1) is 5.92 Å². The molecule has 0 aromatic carbocycles. The van der Waals surface area contributed by atoms with Crippen molar-refractivity contribution in [3.8, 4) is 0 Å². The summed E-state index contributed by atoms with van der Waals surface area (Å²) in [6.45, 7) is 1.99. The van der Waals surface area contributed by atoms with E-state index < -0.39 is 0 Å². The first-order valence-corrected chi connectivity index (χ1v) is 7.06. The summed E-state index contributed by atoms with van der Waals surface area (Å²) in [5, 5.41) is 3.02. The lowest BCUT2D eigenvalue weighted by molar-refractivity contribution is -0.122. The predicted octanol–water partition coefficient (Wildman–Crippen LogP) is 3.94. The zero-order valence-corrected chi connectivity index (χ0v) is 11.4. The Morgan fingerprint density at radius 3 is 3.06 bits per heavy atom. The van der Waals surface area contributed by atoms with Gasteiger partial charge in [-0.2, -0.15) is 0 Å². The Bertz CT molecular complexity index is 427. The normalized spacial score (nSPS) is 20.5. The largest absolute Gasteiger partial charge is 0.349 e. The molecule has 1 aliphatic rings. The van der Waals surface area contributed by atoms with Crippen molar-refractivity contribution >= 4 is 28.8 Å². The minimum Gasteiger partial charge on any atom is -0.349 e. The van der Waals surface area contributed by atoms with Gasteiger partial charge in [0.25, 0.3) is 0 Å². The van der Waals surface area contributed by atoms with Crippen molar-refractivity contribution in [3.05, 3.63) is 33.5 Å². The highest BCUT2D eigenvalue weighted by Crippen LogP contribution is 2.27. The van der Waals surface area contributed by atoms with Crippen molar-refractivity contribution in [2.75, 3.05) is 0 Å². The predicted molar refractivity (Wildman–Crippen MR) is 72.4 cm³/mol. The zero-order chi connectivity index (χ0) is 12.3. The highest BCUT2D eigenvalue weighted by molar-refractivity contribution is 7.16. The van der Waals surface area contributed by atoms with Crippen LogP contribution in [-0.2, 0) is 4.79 Å². The summed E-state index contributed by atoms with van der Waals surface area (Å²) in [7, 11) is 0. The van der Waals surface area contributed by atoms with Gasteiger partial charge in [-0.15, -0.1) is 11.3 Å². The lowest BCUT2D eigenvalue weighted by Gasteiger charge is -2.13. The molecule has 1 aromatic rings. The van der Waals surface area contributed by atoms with Gasteiger partial charge in [-0.25, -0.2) is 0 Å². The number of hydrogen-bond acceptors (Lipinski definition) is 2. The van der Waals surface area contributed by atoms with E-state index in [1.54, 1.807) is 0 Å². The number of carbonyl (C=O) groups excluding carboxylic acids is 1. The highest BCUT2D eigenvalue weighted by atomic mass is 35.5. The molecule has 1 amide bonds. The van der Waals surface area contributed by atoms with Crippen molar-refractivity contribution < 1.29 is 4.79 Å². The van der Waals surface area contributed by atoms with Gasteiger partial charge in [0.15, 0.2) is 0 Å². The average molecular weight is 270 g/mol. The molecular weight excluding hydrogens is 254 g/mol. The van der Waals surface area contributed by atoms with Crippen LogP contribution in [0.3, 0.4) is 0 Å². The number of halogens is 1. The van der Waals surface area contributed by atoms with E-state index in [0.29, 0.717) is 12.3 Å². The quantitative estimate of drug-likeness (QED) is 0.825. The molecule has 2 rings (SSSR count). The number of thiophene rings is 1. The Hall–Kier alpha value is -0.800. The van der Waals surface area contributed by atoms with Crippen LogP contribution in [0.15, 0.2) is 24.3 Å². The Labute approximate surface area is 111 Å². The Morgan fingerprint density at radius 2 is 2.47 bits per heavy atom. The SMILES string of the molecule is C[C@@H](NC(=O)C[C@@H]1C=CCC1)c1ccc(Cl)s1. The Kier molecular flexibility index (Phi) is 4.24. The fraction of sp³-hybridized carbons (Fsp3) is 0.462. The van der Waals surface area contributed by atoms with E-state index in [9.17, 15) is 4.79 Å². The molecule has 4 heteroatoms. The first kappa shape index (κ1) is 12.7. The molecule has 0 radical (unpaired) electrons. The van der Waals surface area contributed by atoms with Crippen molar-refractivity contribution in [2.24, 2.45) is 5.92 Å². The number of rotatable bonds is 4. The third-order valence-corrected chi connectivity index (χ3v) is 4.37. The van der Waals surface area contributed by atoms with Gasteiger partial charge in [-0.05, 0) is 37.8 Å². The van der Waals surface area contributed by atoms with Crippen LogP contribution in [0.4, 0.5) is 0 Å². The molecule has 1 N–H and O–H groups in total. The molecule has 0 bridgehead atoms. The summed E-state index contributed by atoms with van der Waals surface area (Å²) >= 11 is 7.39. The third kappa shape index (κ3) is 3.58. The molecule has 1 aromatic heterocycles. The topological polar surface area (TPSA) is 29.1 Å². The molecule has 0 saturated carbocycles. The maximum Gasteiger partial charge on any atom is 0.221 e. The van der Waals surface area contributed by atoms with Gasteiger partial charge < -0.3 is 5.32 Å². The van der Waals surface area contributed by atoms with Gasteiger partial charge in [0, 0.05) is 11.3 Å². The first-order chi connectivity index (χ1) is 8.15. The van der Waals surface area contributed by atoms with E-state index >= 15 is 0 Å². The van der Waals surface area contributed by atoms with Crippen LogP contribution in [0.5, 0.6) is 0 Å². The molecule has 0 spiro atoms. The molecule has 92 valence electrons. The summed E-state index contributed by atoms with van der Waals surface area (Å²) in [6.07, 6.45) is 7.10. The summed E-state index contributed by atoms with van der Waals surface area (Å²) in [6, 6.07) is 3.88. The molecule has 0 unspecified atom stereocenters. The van der Waals surface area contributed by atoms with E-state index in [4.69, 9.17) is 11.6 Å². The second-order valence-electron chi connectivity index (χ2n) is 4.40. The molecule has 0 fully saturated rings. The summed E-state index contributed by atoms with van der Waals surface area (Å²) in [5.41, 5.74) is 0. The fourth-order valence-corrected chi connectivity index (χ4v) is 3.10. The summed E-state index contributed by atoms with van der Waals surface area (Å²) in [5.74, 6) is 0.549. The van der Waals surface area contributed by atoms with Gasteiger partial charge in [0.2, 0.25) is 5.91 Å². The molecule has 17 heavy (non-hydrogen) atoms. The minimum absolute atomic E-state index is 0.0467. The van der Waals surface area contributed by atoms with E-state index in [-0.39, 0.29) is 11.9 Å². The lowest BCUT2D eigenvalue weighted by atomic mass is 10.0. The standard InChI is InChI=1S/C13H16ClNOS/c1-9(11-6-7-12(14)17-11)15-13(16)8-10-4-2-3-5-10/h2,4,6-7,9-10H,3,5,8H2,1H3,(H,15,16)/t9-,10-/m1/s1. The van der Waals surface area contributed by atoms with Gasteiger partial charge in [0.05, 0.1) is 10.4 Å². The van der Waals surface area contributed by atoms with Gasteiger partial charge >= 0.3 is 0 Å². The fourth-order valence-electron chi connectivity index (χ4n) is 2.04. The summed E-state index contributed by atoms with van der Waals surface area (Å²) < 4.78 is 0.764. The van der Waals surface area contributed by atoms with Crippen molar-refractivity contribution in [3.63, 3.8) is 0 Å². The molecule has 1 aliphatic carbocycles. The van der Waals surface area contributed by atoms with Crippen molar-refractivity contribution in [2.45, 2.75) is 32.2 Å². The zero-order valence-electron chi connectivity index (χ0n) is 9.78. The van der Waals surface area contributed by atoms with Gasteiger partial charge in [0.1, 0.15) is 0 Å². The van der Waals surface area contributed by atoms with E-state index in [2.05, 4.69) is 17.5 Å². The van der Waals surface area contributed by atoms with Gasteiger partial charge in [-0.1, -0.05) is 23.8 Å².